The Kier molecular flexibility index (Phi) is 8.02. The van der Waals surface area contributed by atoms with Gasteiger partial charge in [-0.3, -0.25) is 19.8 Å². The van der Waals surface area contributed by atoms with Crippen LogP contribution >= 0.6 is 0 Å². The normalized spacial score (nSPS) is 25.0. The van der Waals surface area contributed by atoms with E-state index < -0.39 is 18.1 Å². The lowest BCUT2D eigenvalue weighted by atomic mass is 9.81. The van der Waals surface area contributed by atoms with Gasteiger partial charge in [0.15, 0.2) is 5.96 Å². The Hall–Kier alpha value is -3.43. The fourth-order valence-electron chi connectivity index (χ4n) is 4.88. The molecule has 0 bridgehead atoms. The van der Waals surface area contributed by atoms with E-state index in [-0.39, 0.29) is 35.6 Å². The monoisotopic (exact) mass is 456 g/mol. The summed E-state index contributed by atoms with van der Waals surface area (Å²) in [4.78, 5) is 51.5. The van der Waals surface area contributed by atoms with Gasteiger partial charge in [0.2, 0.25) is 17.7 Å². The molecule has 2 aliphatic rings. The number of carbonyl (C=O) groups is 4. The van der Waals surface area contributed by atoms with Crippen molar-refractivity contribution >= 4 is 30.0 Å². The highest BCUT2D eigenvalue weighted by molar-refractivity contribution is 5.94. The van der Waals surface area contributed by atoms with Crippen LogP contribution in [0.15, 0.2) is 30.3 Å². The molecule has 0 aliphatic carbocycles. The van der Waals surface area contributed by atoms with Gasteiger partial charge in [-0.15, -0.1) is 0 Å². The molecule has 6 N–H and O–H groups in total. The average molecular weight is 457 g/mol. The first-order valence-electron chi connectivity index (χ1n) is 11.3. The van der Waals surface area contributed by atoms with Crippen molar-refractivity contribution in [2.75, 3.05) is 6.54 Å². The van der Waals surface area contributed by atoms with E-state index in [9.17, 15) is 19.2 Å². The molecule has 0 aromatic heterocycles. The number of amides is 3. The molecule has 3 rings (SSSR count). The number of nitrogens with one attached hydrogen (secondary N) is 4. The van der Waals surface area contributed by atoms with Crippen molar-refractivity contribution in [2.45, 2.75) is 69.1 Å². The maximum atomic E-state index is 13.5. The summed E-state index contributed by atoms with van der Waals surface area (Å²) in [5.41, 5.74) is 6.22. The second-order valence-corrected chi connectivity index (χ2v) is 8.66. The zero-order valence-electron chi connectivity index (χ0n) is 18.8. The van der Waals surface area contributed by atoms with E-state index >= 15 is 0 Å². The summed E-state index contributed by atoms with van der Waals surface area (Å²) >= 11 is 0. The summed E-state index contributed by atoms with van der Waals surface area (Å²) in [6.07, 6.45) is 3.47. The van der Waals surface area contributed by atoms with Crippen LogP contribution in [0.4, 0.5) is 0 Å². The van der Waals surface area contributed by atoms with Gasteiger partial charge in [0.05, 0.1) is 6.04 Å². The first-order valence-corrected chi connectivity index (χ1v) is 11.3. The molecule has 10 heteroatoms. The van der Waals surface area contributed by atoms with E-state index in [4.69, 9.17) is 11.1 Å². The Morgan fingerprint density at radius 1 is 1.27 bits per heavy atom. The third-order valence-electron chi connectivity index (χ3n) is 6.34. The maximum Gasteiger partial charge on any atom is 0.246 e. The van der Waals surface area contributed by atoms with E-state index in [0.717, 1.165) is 5.56 Å². The van der Waals surface area contributed by atoms with Gasteiger partial charge in [0.1, 0.15) is 18.4 Å². The molecule has 0 spiro atoms. The Morgan fingerprint density at radius 3 is 2.64 bits per heavy atom. The molecule has 10 nitrogen and oxygen atoms in total. The van der Waals surface area contributed by atoms with Gasteiger partial charge in [0.25, 0.3) is 0 Å². The van der Waals surface area contributed by atoms with Gasteiger partial charge in [0, 0.05) is 25.4 Å². The molecule has 1 aromatic rings. The van der Waals surface area contributed by atoms with Crippen LogP contribution in [0, 0.1) is 5.41 Å². The zero-order valence-corrected chi connectivity index (χ0v) is 18.8. The molecule has 2 heterocycles. The number of rotatable bonds is 9. The largest absolute Gasteiger partial charge is 0.370 e. The number of nitrogens with two attached hydrogens (primary N) is 1. The van der Waals surface area contributed by atoms with Crippen LogP contribution < -0.4 is 21.7 Å². The van der Waals surface area contributed by atoms with Crippen LogP contribution in [0.2, 0.25) is 0 Å². The Balaban J connectivity index is 1.70. The number of carbonyl (C=O) groups excluding carboxylic acids is 4. The lowest BCUT2D eigenvalue weighted by Gasteiger charge is -2.42. The molecule has 0 saturated carbocycles. The Morgan fingerprint density at radius 2 is 2.00 bits per heavy atom. The first-order chi connectivity index (χ1) is 15.8. The summed E-state index contributed by atoms with van der Waals surface area (Å²) in [5, 5.41) is 15.4. The first kappa shape index (κ1) is 24.2. The van der Waals surface area contributed by atoms with Crippen molar-refractivity contribution in [2.24, 2.45) is 5.73 Å². The van der Waals surface area contributed by atoms with E-state index in [1.807, 2.05) is 30.3 Å². The zero-order chi connectivity index (χ0) is 24.0. The van der Waals surface area contributed by atoms with Crippen LogP contribution in [-0.2, 0) is 19.2 Å². The third kappa shape index (κ3) is 5.88. The summed E-state index contributed by atoms with van der Waals surface area (Å²) in [6, 6.07) is 7.44. The number of piperidine rings is 1. The molecule has 178 valence electrons. The minimum absolute atomic E-state index is 0.0992. The van der Waals surface area contributed by atoms with Crippen LogP contribution in [0.25, 0.3) is 0 Å². The maximum absolute atomic E-state index is 13.5. The molecule has 1 aromatic carbocycles. The highest BCUT2D eigenvalue weighted by Crippen LogP contribution is 2.39. The number of nitrogens with zero attached hydrogens (tertiary/aromatic N) is 1. The van der Waals surface area contributed by atoms with Gasteiger partial charge >= 0.3 is 0 Å². The van der Waals surface area contributed by atoms with E-state index in [1.54, 1.807) is 4.90 Å². The summed E-state index contributed by atoms with van der Waals surface area (Å²) < 4.78 is 0. The lowest BCUT2D eigenvalue weighted by Crippen LogP contribution is -2.61. The second kappa shape index (κ2) is 10.9. The molecular weight excluding hydrogens is 424 g/mol. The van der Waals surface area contributed by atoms with Crippen molar-refractivity contribution in [3.05, 3.63) is 35.9 Å². The van der Waals surface area contributed by atoms with Gasteiger partial charge in [-0.05, 0) is 37.7 Å². The van der Waals surface area contributed by atoms with E-state index in [0.29, 0.717) is 44.9 Å². The third-order valence-corrected chi connectivity index (χ3v) is 6.34. The topological polar surface area (TPSA) is 157 Å². The number of hydrogen-bond acceptors (Lipinski definition) is 5. The molecule has 5 atom stereocenters. The molecule has 2 fully saturated rings. The number of fused-ring (bicyclic) bond motifs is 1. The smallest absolute Gasteiger partial charge is 0.246 e. The fourth-order valence-corrected chi connectivity index (χ4v) is 4.88. The quantitative estimate of drug-likeness (QED) is 0.152. The summed E-state index contributed by atoms with van der Waals surface area (Å²) in [6.45, 7) is 1.80. The summed E-state index contributed by atoms with van der Waals surface area (Å²) in [7, 11) is 0. The summed E-state index contributed by atoms with van der Waals surface area (Å²) in [5.74, 6) is -1.23. The predicted octanol–water partition coefficient (Wildman–Crippen LogP) is -0.0148. The lowest BCUT2D eigenvalue weighted by molar-refractivity contribution is -0.147. The number of aldehydes is 1. The van der Waals surface area contributed by atoms with Crippen molar-refractivity contribution in [3.8, 4) is 0 Å². The van der Waals surface area contributed by atoms with Gasteiger partial charge in [-0.25, -0.2) is 0 Å². The molecule has 0 radical (unpaired) electrons. The minimum Gasteiger partial charge on any atom is -0.370 e. The minimum atomic E-state index is -0.742. The van der Waals surface area contributed by atoms with E-state index in [2.05, 4.69) is 16.0 Å². The number of guanidine groups is 1. The molecule has 3 amide bonds. The molecule has 2 saturated heterocycles. The standard InChI is InChI=1S/C23H32N6O4/c1-14(31)27-20-18(15-6-3-2-4-7-15)12-17-9-10-19(29(17)22(20)33)21(32)28-16(13-30)8-5-11-26-23(24)25/h2-4,6-7,13,16-20H,5,8-12H2,1H3,(H,27,31)(H,28,32)(H4,24,25,26)/t16-,17?,18?,19?,20?/m0/s1. The Labute approximate surface area is 193 Å². The number of benzene rings is 1. The van der Waals surface area contributed by atoms with Crippen molar-refractivity contribution < 1.29 is 19.2 Å². The van der Waals surface area contributed by atoms with Crippen LogP contribution in [-0.4, -0.2) is 65.6 Å². The predicted molar refractivity (Wildman–Crippen MR) is 122 cm³/mol. The van der Waals surface area contributed by atoms with Gasteiger partial charge < -0.3 is 31.4 Å². The van der Waals surface area contributed by atoms with Crippen LogP contribution in [0.3, 0.4) is 0 Å². The molecular formula is C23H32N6O4. The van der Waals surface area contributed by atoms with Gasteiger partial charge in [-0.2, -0.15) is 0 Å². The number of hydrogen-bond donors (Lipinski definition) is 5. The van der Waals surface area contributed by atoms with Gasteiger partial charge in [-0.1, -0.05) is 30.3 Å². The van der Waals surface area contributed by atoms with Crippen molar-refractivity contribution in [1.29, 1.82) is 5.41 Å². The second-order valence-electron chi connectivity index (χ2n) is 8.66. The SMILES string of the molecule is CC(=O)NC1C(=O)N2C(CCC2C(=O)N[C@H](C=O)CCCNC(=N)N)CC1c1ccccc1. The molecule has 4 unspecified atom stereocenters. The van der Waals surface area contributed by atoms with E-state index in [1.165, 1.54) is 6.92 Å². The molecule has 2 aliphatic heterocycles. The van der Waals surface area contributed by atoms with Crippen LogP contribution in [0.5, 0.6) is 0 Å². The molecule has 33 heavy (non-hydrogen) atoms. The van der Waals surface area contributed by atoms with Crippen LogP contribution in [0.1, 0.15) is 50.5 Å². The van der Waals surface area contributed by atoms with Crippen molar-refractivity contribution in [3.63, 3.8) is 0 Å². The Bertz CT molecular complexity index is 892. The van der Waals surface area contributed by atoms with Crippen molar-refractivity contribution in [1.82, 2.24) is 20.9 Å². The fraction of sp³-hybridized carbons (Fsp3) is 0.522. The highest BCUT2D eigenvalue weighted by Gasteiger charge is 2.50. The highest BCUT2D eigenvalue weighted by atomic mass is 16.2. The average Bonchev–Trinajstić information content (AvgIpc) is 3.22.